The van der Waals surface area contributed by atoms with Crippen LogP contribution in [0.5, 0.6) is 0 Å². The first-order valence-corrected chi connectivity index (χ1v) is 6.98. The van der Waals surface area contributed by atoms with E-state index in [1.54, 1.807) is 13.0 Å². The molecule has 3 rings (SSSR count). The van der Waals surface area contributed by atoms with Crippen LogP contribution in [0.3, 0.4) is 0 Å². The lowest BCUT2D eigenvalue weighted by atomic mass is 10.00. The van der Waals surface area contributed by atoms with Gasteiger partial charge >= 0.3 is 0 Å². The average Bonchev–Trinajstić information content (AvgIpc) is 2.79. The van der Waals surface area contributed by atoms with Crippen LogP contribution in [0.15, 0.2) is 42.5 Å². The number of rotatable bonds is 3. The number of fused-ring (bicyclic) bond motifs is 1. The van der Waals surface area contributed by atoms with E-state index < -0.39 is 0 Å². The third-order valence-electron chi connectivity index (χ3n) is 3.87. The SMILES string of the molecule is Cc1ccc(C(N)Cc2nn(C)c3ccccc23)cc1F. The number of nitrogens with zero attached hydrogens (tertiary/aromatic N) is 2. The van der Waals surface area contributed by atoms with E-state index >= 15 is 0 Å². The molecule has 0 saturated carbocycles. The van der Waals surface area contributed by atoms with Gasteiger partial charge in [-0.1, -0.05) is 30.3 Å². The molecule has 1 aromatic heterocycles. The number of para-hydroxylation sites is 1. The van der Waals surface area contributed by atoms with Gasteiger partial charge in [-0.3, -0.25) is 4.68 Å². The van der Waals surface area contributed by atoms with Crippen LogP contribution in [0.1, 0.15) is 22.9 Å². The van der Waals surface area contributed by atoms with Gasteiger partial charge in [-0.25, -0.2) is 4.39 Å². The largest absolute Gasteiger partial charge is 0.324 e. The second-order valence-corrected chi connectivity index (χ2v) is 5.41. The van der Waals surface area contributed by atoms with Crippen LogP contribution < -0.4 is 5.73 Å². The monoisotopic (exact) mass is 283 g/mol. The van der Waals surface area contributed by atoms with Gasteiger partial charge in [0.15, 0.2) is 0 Å². The topological polar surface area (TPSA) is 43.8 Å². The summed E-state index contributed by atoms with van der Waals surface area (Å²) in [6, 6.07) is 13.0. The summed E-state index contributed by atoms with van der Waals surface area (Å²) in [4.78, 5) is 0. The molecule has 0 radical (unpaired) electrons. The van der Waals surface area contributed by atoms with Gasteiger partial charge in [0.2, 0.25) is 0 Å². The van der Waals surface area contributed by atoms with Gasteiger partial charge in [0.05, 0.1) is 11.2 Å². The van der Waals surface area contributed by atoms with Crippen LogP contribution in [0.4, 0.5) is 4.39 Å². The molecule has 3 aromatic rings. The summed E-state index contributed by atoms with van der Waals surface area (Å²) in [6.07, 6.45) is 0.587. The Morgan fingerprint density at radius 1 is 1.24 bits per heavy atom. The van der Waals surface area contributed by atoms with Gasteiger partial charge in [0.1, 0.15) is 5.82 Å². The number of halogens is 1. The van der Waals surface area contributed by atoms with Crippen LogP contribution in [0.25, 0.3) is 10.9 Å². The normalized spacial score (nSPS) is 12.8. The van der Waals surface area contributed by atoms with Crippen LogP contribution in [0.2, 0.25) is 0 Å². The van der Waals surface area contributed by atoms with Crippen molar-refractivity contribution in [1.82, 2.24) is 9.78 Å². The fourth-order valence-corrected chi connectivity index (χ4v) is 2.61. The van der Waals surface area contributed by atoms with E-state index in [9.17, 15) is 4.39 Å². The van der Waals surface area contributed by atoms with Crippen LogP contribution in [0, 0.1) is 12.7 Å². The molecule has 0 amide bonds. The summed E-state index contributed by atoms with van der Waals surface area (Å²) in [7, 11) is 1.92. The minimum absolute atomic E-state index is 0.214. The summed E-state index contributed by atoms with van der Waals surface area (Å²) in [6.45, 7) is 1.75. The fraction of sp³-hybridized carbons (Fsp3) is 0.235. The number of aryl methyl sites for hydroxylation is 2. The lowest BCUT2D eigenvalue weighted by molar-refractivity contribution is 0.608. The number of benzene rings is 2. The van der Waals surface area contributed by atoms with Gasteiger partial charge in [-0.2, -0.15) is 5.10 Å². The quantitative estimate of drug-likeness (QED) is 0.801. The molecule has 0 saturated heterocycles. The Bertz CT molecular complexity index is 792. The maximum absolute atomic E-state index is 13.7. The molecular formula is C17H18FN3. The molecular weight excluding hydrogens is 265 g/mol. The smallest absolute Gasteiger partial charge is 0.126 e. The second-order valence-electron chi connectivity index (χ2n) is 5.41. The van der Waals surface area contributed by atoms with Crippen LogP contribution in [-0.2, 0) is 13.5 Å². The lowest BCUT2D eigenvalue weighted by Gasteiger charge is -2.11. The van der Waals surface area contributed by atoms with E-state index in [0.717, 1.165) is 22.2 Å². The Morgan fingerprint density at radius 3 is 2.76 bits per heavy atom. The van der Waals surface area contributed by atoms with Gasteiger partial charge in [-0.05, 0) is 30.2 Å². The molecule has 3 nitrogen and oxygen atoms in total. The van der Waals surface area contributed by atoms with Crippen molar-refractivity contribution in [2.75, 3.05) is 0 Å². The van der Waals surface area contributed by atoms with Gasteiger partial charge in [0.25, 0.3) is 0 Å². The zero-order valence-electron chi connectivity index (χ0n) is 12.2. The third-order valence-corrected chi connectivity index (χ3v) is 3.87. The molecule has 0 aliphatic rings. The Morgan fingerprint density at radius 2 is 2.00 bits per heavy atom. The molecule has 0 spiro atoms. The number of hydrogen-bond acceptors (Lipinski definition) is 2. The Labute approximate surface area is 123 Å². The summed E-state index contributed by atoms with van der Waals surface area (Å²) in [5.74, 6) is -0.214. The highest BCUT2D eigenvalue weighted by Crippen LogP contribution is 2.23. The van der Waals surface area contributed by atoms with Gasteiger partial charge < -0.3 is 5.73 Å². The lowest BCUT2D eigenvalue weighted by Crippen LogP contribution is -2.14. The predicted molar refractivity (Wildman–Crippen MR) is 82.5 cm³/mol. The first-order valence-electron chi connectivity index (χ1n) is 6.98. The van der Waals surface area contributed by atoms with Crippen molar-refractivity contribution in [3.8, 4) is 0 Å². The molecule has 1 atom stereocenters. The van der Waals surface area contributed by atoms with E-state index in [4.69, 9.17) is 5.73 Å². The van der Waals surface area contributed by atoms with Gasteiger partial charge in [0, 0.05) is 24.9 Å². The van der Waals surface area contributed by atoms with E-state index in [0.29, 0.717) is 12.0 Å². The van der Waals surface area contributed by atoms with Crippen LogP contribution >= 0.6 is 0 Å². The van der Waals surface area contributed by atoms with E-state index in [2.05, 4.69) is 5.10 Å². The molecule has 0 fully saturated rings. The summed E-state index contributed by atoms with van der Waals surface area (Å²) < 4.78 is 15.5. The molecule has 1 unspecified atom stereocenters. The molecule has 1 heterocycles. The minimum Gasteiger partial charge on any atom is -0.324 e. The molecule has 2 N–H and O–H groups in total. The van der Waals surface area contributed by atoms with Crippen molar-refractivity contribution in [1.29, 1.82) is 0 Å². The molecule has 2 aromatic carbocycles. The molecule has 4 heteroatoms. The molecule has 0 bridgehead atoms. The van der Waals surface area contributed by atoms with E-state index in [1.165, 1.54) is 6.07 Å². The first kappa shape index (κ1) is 13.8. The average molecular weight is 283 g/mol. The van der Waals surface area contributed by atoms with Crippen molar-refractivity contribution >= 4 is 10.9 Å². The summed E-state index contributed by atoms with van der Waals surface area (Å²) >= 11 is 0. The van der Waals surface area contributed by atoms with Crippen LogP contribution in [-0.4, -0.2) is 9.78 Å². The van der Waals surface area contributed by atoms with Crippen molar-refractivity contribution in [3.05, 3.63) is 65.1 Å². The van der Waals surface area contributed by atoms with Crippen molar-refractivity contribution in [2.24, 2.45) is 12.8 Å². The Kier molecular flexibility index (Phi) is 3.47. The van der Waals surface area contributed by atoms with Crippen molar-refractivity contribution < 1.29 is 4.39 Å². The van der Waals surface area contributed by atoms with E-state index in [-0.39, 0.29) is 11.9 Å². The molecule has 21 heavy (non-hydrogen) atoms. The highest BCUT2D eigenvalue weighted by Gasteiger charge is 2.14. The van der Waals surface area contributed by atoms with E-state index in [1.807, 2.05) is 42.1 Å². The highest BCUT2D eigenvalue weighted by molar-refractivity contribution is 5.81. The molecule has 0 aliphatic heterocycles. The minimum atomic E-state index is -0.265. The standard InChI is InChI=1S/C17H18FN3/c1-11-7-8-12(9-14(11)18)15(19)10-16-13-5-3-4-6-17(13)21(2)20-16/h3-9,15H,10,19H2,1-2H3. The fourth-order valence-electron chi connectivity index (χ4n) is 2.61. The first-order chi connectivity index (χ1) is 10.1. The summed E-state index contributed by atoms with van der Waals surface area (Å²) in [5.41, 5.74) is 9.69. The van der Waals surface area contributed by atoms with Crippen molar-refractivity contribution in [2.45, 2.75) is 19.4 Å². The second kappa shape index (κ2) is 5.30. The maximum Gasteiger partial charge on any atom is 0.126 e. The maximum atomic E-state index is 13.7. The number of nitrogens with two attached hydrogens (primary N) is 1. The number of aromatic nitrogens is 2. The zero-order valence-corrected chi connectivity index (χ0v) is 12.2. The number of hydrogen-bond donors (Lipinski definition) is 1. The highest BCUT2D eigenvalue weighted by atomic mass is 19.1. The zero-order chi connectivity index (χ0) is 15.0. The van der Waals surface area contributed by atoms with Crippen molar-refractivity contribution in [3.63, 3.8) is 0 Å². The predicted octanol–water partition coefficient (Wildman–Crippen LogP) is 3.26. The Hall–Kier alpha value is -2.20. The summed E-state index contributed by atoms with van der Waals surface area (Å²) in [5, 5.41) is 5.64. The molecule has 0 aliphatic carbocycles. The molecule has 108 valence electrons. The Balaban J connectivity index is 1.92. The van der Waals surface area contributed by atoms with Gasteiger partial charge in [-0.15, -0.1) is 0 Å². The third kappa shape index (κ3) is 2.54.